The molecule has 6 nitrogen and oxygen atoms in total. The van der Waals surface area contributed by atoms with Gasteiger partial charge in [0.2, 0.25) is 0 Å². The van der Waals surface area contributed by atoms with Gasteiger partial charge in [-0.2, -0.15) is 4.94 Å². The van der Waals surface area contributed by atoms with Gasteiger partial charge in [-0.3, -0.25) is 4.79 Å². The van der Waals surface area contributed by atoms with Crippen molar-refractivity contribution < 1.29 is 9.73 Å². The lowest BCUT2D eigenvalue weighted by Gasteiger charge is -2.27. The highest BCUT2D eigenvalue weighted by Crippen LogP contribution is 2.08. The third-order valence-electron chi connectivity index (χ3n) is 2.35. The Morgan fingerprint density at radius 1 is 1.36 bits per heavy atom. The Kier molecular flexibility index (Phi) is 2.55. The fourth-order valence-corrected chi connectivity index (χ4v) is 1.51. The summed E-state index contributed by atoms with van der Waals surface area (Å²) in [5.41, 5.74) is 6.39. The zero-order valence-electron chi connectivity index (χ0n) is 8.09. The van der Waals surface area contributed by atoms with Crippen LogP contribution in [0.4, 0.5) is 0 Å². The molecule has 2 aliphatic heterocycles. The molecule has 0 aromatic carbocycles. The molecule has 1 amide bonds. The van der Waals surface area contributed by atoms with Crippen molar-refractivity contribution in [2.45, 2.75) is 6.92 Å². The second-order valence-corrected chi connectivity index (χ2v) is 3.35. The molecule has 14 heavy (non-hydrogen) atoms. The quantitative estimate of drug-likeness (QED) is 0.488. The number of carbonyl (C=O) groups excluding carboxylic acids is 1. The molecule has 0 unspecified atom stereocenters. The van der Waals surface area contributed by atoms with E-state index in [4.69, 9.17) is 4.94 Å². The van der Waals surface area contributed by atoms with Crippen LogP contribution in [-0.2, 0) is 9.73 Å². The molecule has 0 saturated carbocycles. The van der Waals surface area contributed by atoms with Gasteiger partial charge in [0, 0.05) is 26.2 Å². The van der Waals surface area contributed by atoms with Crippen molar-refractivity contribution in [3.63, 3.8) is 0 Å². The molecular formula is C8H14N4O2. The number of rotatable bonds is 1. The van der Waals surface area contributed by atoms with E-state index in [0.717, 1.165) is 31.9 Å². The second-order valence-electron chi connectivity index (χ2n) is 3.35. The largest absolute Gasteiger partial charge is 0.335 e. The maximum Gasteiger partial charge on any atom is 0.274 e. The summed E-state index contributed by atoms with van der Waals surface area (Å²) < 4.78 is 0. The average Bonchev–Trinajstić information content (AvgIpc) is 2.65. The lowest BCUT2D eigenvalue weighted by Crippen LogP contribution is -2.47. The van der Waals surface area contributed by atoms with Crippen molar-refractivity contribution >= 4 is 5.91 Å². The van der Waals surface area contributed by atoms with Gasteiger partial charge >= 0.3 is 0 Å². The van der Waals surface area contributed by atoms with Crippen molar-refractivity contribution in [2.24, 2.45) is 0 Å². The number of hydroxylamine groups is 2. The third kappa shape index (κ3) is 1.66. The van der Waals surface area contributed by atoms with Gasteiger partial charge in [0.25, 0.3) is 5.91 Å². The van der Waals surface area contributed by atoms with Crippen LogP contribution in [-0.4, -0.2) is 37.0 Å². The molecule has 0 radical (unpaired) electrons. The van der Waals surface area contributed by atoms with Crippen molar-refractivity contribution in [1.29, 1.82) is 0 Å². The first kappa shape index (κ1) is 9.29. The van der Waals surface area contributed by atoms with Gasteiger partial charge in [0.15, 0.2) is 0 Å². The fourth-order valence-electron chi connectivity index (χ4n) is 1.51. The van der Waals surface area contributed by atoms with Gasteiger partial charge in [0.1, 0.15) is 5.70 Å². The monoisotopic (exact) mass is 198 g/mol. The number of piperazine rings is 1. The smallest absolute Gasteiger partial charge is 0.274 e. The molecule has 2 rings (SSSR count). The molecule has 0 spiro atoms. The highest BCUT2D eigenvalue weighted by molar-refractivity contribution is 5.93. The number of amides is 1. The summed E-state index contributed by atoms with van der Waals surface area (Å²) in [6, 6.07) is 0. The summed E-state index contributed by atoms with van der Waals surface area (Å²) in [5.74, 6) is -0.00556. The molecule has 2 heterocycles. The summed E-state index contributed by atoms with van der Waals surface area (Å²) in [6.45, 7) is 5.00. The molecule has 6 heteroatoms. The number of nitrogens with zero attached hydrogens (tertiary/aromatic N) is 1. The van der Waals surface area contributed by atoms with Crippen LogP contribution in [0.2, 0.25) is 0 Å². The first-order valence-electron chi connectivity index (χ1n) is 4.68. The zero-order chi connectivity index (χ0) is 9.97. The summed E-state index contributed by atoms with van der Waals surface area (Å²) in [5, 5.41) is 3.19. The molecule has 0 aromatic rings. The SMILES string of the molecule is CC1=C(C(=O)N2CCNCC2)NON1. The molecule has 2 aliphatic rings. The Bertz CT molecular complexity index is 271. The first-order chi connectivity index (χ1) is 6.79. The lowest BCUT2D eigenvalue weighted by molar-refractivity contribution is -0.129. The Morgan fingerprint density at radius 2 is 2.07 bits per heavy atom. The van der Waals surface area contributed by atoms with Gasteiger partial charge in [-0.15, -0.1) is 0 Å². The maximum absolute atomic E-state index is 11.9. The second kappa shape index (κ2) is 3.85. The maximum atomic E-state index is 11.9. The van der Waals surface area contributed by atoms with E-state index in [1.807, 2.05) is 0 Å². The minimum atomic E-state index is -0.00556. The van der Waals surface area contributed by atoms with Crippen LogP contribution in [0.5, 0.6) is 0 Å². The van der Waals surface area contributed by atoms with Crippen molar-refractivity contribution in [2.75, 3.05) is 26.2 Å². The molecule has 3 N–H and O–H groups in total. The lowest BCUT2D eigenvalue weighted by atomic mass is 10.3. The van der Waals surface area contributed by atoms with Crippen LogP contribution in [0.1, 0.15) is 6.92 Å². The Hall–Kier alpha value is -1.27. The molecule has 0 aromatic heterocycles. The number of nitrogens with one attached hydrogen (secondary N) is 3. The fraction of sp³-hybridized carbons (Fsp3) is 0.625. The van der Waals surface area contributed by atoms with Crippen molar-refractivity contribution in [3.05, 3.63) is 11.4 Å². The van der Waals surface area contributed by atoms with Crippen LogP contribution in [0, 0.1) is 0 Å². The Balaban J connectivity index is 2.03. The number of allylic oxidation sites excluding steroid dienone is 1. The minimum absolute atomic E-state index is 0.00556. The van der Waals surface area contributed by atoms with Crippen LogP contribution < -0.4 is 16.3 Å². The summed E-state index contributed by atoms with van der Waals surface area (Å²) in [7, 11) is 0. The van der Waals surface area contributed by atoms with Crippen molar-refractivity contribution in [3.8, 4) is 0 Å². The summed E-state index contributed by atoms with van der Waals surface area (Å²) in [4.78, 5) is 18.4. The van der Waals surface area contributed by atoms with Crippen LogP contribution >= 0.6 is 0 Å². The molecule has 1 fully saturated rings. The molecule has 78 valence electrons. The molecule has 0 bridgehead atoms. The average molecular weight is 198 g/mol. The standard InChI is InChI=1S/C8H14N4O2/c1-6-7(11-14-10-6)8(13)12-4-2-9-3-5-12/h9-11H,2-5H2,1H3. The Labute approximate surface area is 82.2 Å². The van der Waals surface area contributed by atoms with E-state index < -0.39 is 0 Å². The van der Waals surface area contributed by atoms with E-state index in [-0.39, 0.29) is 5.91 Å². The number of hydrogen-bond donors (Lipinski definition) is 3. The van der Waals surface area contributed by atoms with E-state index >= 15 is 0 Å². The van der Waals surface area contributed by atoms with Gasteiger partial charge < -0.3 is 10.2 Å². The van der Waals surface area contributed by atoms with Crippen LogP contribution in [0.3, 0.4) is 0 Å². The summed E-state index contributed by atoms with van der Waals surface area (Å²) in [6.07, 6.45) is 0. The van der Waals surface area contributed by atoms with Gasteiger partial charge in [-0.25, -0.2) is 11.0 Å². The van der Waals surface area contributed by atoms with Gasteiger partial charge in [0.05, 0.1) is 5.70 Å². The third-order valence-corrected chi connectivity index (χ3v) is 2.35. The number of hydrogen-bond acceptors (Lipinski definition) is 5. The predicted octanol–water partition coefficient (Wildman–Crippen LogP) is -1.31. The Morgan fingerprint density at radius 3 is 2.64 bits per heavy atom. The van der Waals surface area contributed by atoms with E-state index in [0.29, 0.717) is 5.70 Å². The molecule has 0 atom stereocenters. The normalized spacial score (nSPS) is 21.9. The van der Waals surface area contributed by atoms with Crippen molar-refractivity contribution in [1.82, 2.24) is 21.2 Å². The van der Waals surface area contributed by atoms with Crippen LogP contribution in [0.15, 0.2) is 11.4 Å². The van der Waals surface area contributed by atoms with E-state index in [1.165, 1.54) is 0 Å². The number of carbonyl (C=O) groups is 1. The zero-order valence-corrected chi connectivity index (χ0v) is 8.09. The highest BCUT2D eigenvalue weighted by atomic mass is 16.8. The van der Waals surface area contributed by atoms with Gasteiger partial charge in [-0.1, -0.05) is 0 Å². The van der Waals surface area contributed by atoms with E-state index in [2.05, 4.69) is 16.3 Å². The minimum Gasteiger partial charge on any atom is -0.335 e. The van der Waals surface area contributed by atoms with E-state index in [9.17, 15) is 4.79 Å². The molecule has 0 aliphatic carbocycles. The molecular weight excluding hydrogens is 184 g/mol. The summed E-state index contributed by atoms with van der Waals surface area (Å²) >= 11 is 0. The molecule has 1 saturated heterocycles. The topological polar surface area (TPSA) is 65.6 Å². The first-order valence-corrected chi connectivity index (χ1v) is 4.68. The predicted molar refractivity (Wildman–Crippen MR) is 49.5 cm³/mol. The van der Waals surface area contributed by atoms with E-state index in [1.54, 1.807) is 11.8 Å². The highest BCUT2D eigenvalue weighted by Gasteiger charge is 2.24. The van der Waals surface area contributed by atoms with Gasteiger partial charge in [-0.05, 0) is 6.92 Å². The van der Waals surface area contributed by atoms with Crippen LogP contribution in [0.25, 0.3) is 0 Å².